The summed E-state index contributed by atoms with van der Waals surface area (Å²) in [6.07, 6.45) is -7.23. The van der Waals surface area contributed by atoms with Crippen molar-refractivity contribution < 1.29 is 39.1 Å². The number of carbonyl (C=O) groups is 1. The molecule has 0 bridgehead atoms. The Bertz CT molecular complexity index is 837. The third-order valence-electron chi connectivity index (χ3n) is 4.93. The van der Waals surface area contributed by atoms with Crippen LogP contribution >= 0.6 is 0 Å². The van der Waals surface area contributed by atoms with Crippen molar-refractivity contribution in [2.24, 2.45) is 0 Å². The van der Waals surface area contributed by atoms with Gasteiger partial charge in [-0.3, -0.25) is 0 Å². The molecule has 0 spiro atoms. The first-order valence-corrected chi connectivity index (χ1v) is 9.59. The molecule has 1 saturated heterocycles. The van der Waals surface area contributed by atoms with Crippen LogP contribution in [-0.4, -0.2) is 65.9 Å². The van der Waals surface area contributed by atoms with Crippen molar-refractivity contribution in [3.63, 3.8) is 0 Å². The van der Waals surface area contributed by atoms with Crippen LogP contribution in [0.2, 0.25) is 0 Å². The van der Waals surface area contributed by atoms with Crippen LogP contribution in [0.4, 0.5) is 4.79 Å². The first-order chi connectivity index (χ1) is 14.4. The van der Waals surface area contributed by atoms with Gasteiger partial charge in [0.1, 0.15) is 36.8 Å². The Labute approximate surface area is 174 Å². The number of para-hydroxylation sites is 1. The van der Waals surface area contributed by atoms with Gasteiger partial charge in [-0.1, -0.05) is 48.0 Å². The highest BCUT2D eigenvalue weighted by atomic mass is 16.7. The Morgan fingerprint density at radius 2 is 1.70 bits per heavy atom. The minimum atomic E-state index is -1.54. The maximum Gasteiger partial charge on any atom is 0.508 e. The summed E-state index contributed by atoms with van der Waals surface area (Å²) in [5, 5.41) is 30.6. The summed E-state index contributed by atoms with van der Waals surface area (Å²) >= 11 is 0. The Morgan fingerprint density at radius 1 is 1.00 bits per heavy atom. The van der Waals surface area contributed by atoms with E-state index in [4.69, 9.17) is 14.2 Å². The molecule has 2 aromatic carbocycles. The summed E-state index contributed by atoms with van der Waals surface area (Å²) in [6.45, 7) is 1.64. The third-order valence-corrected chi connectivity index (χ3v) is 4.93. The smallest absolute Gasteiger partial charge is 0.462 e. The fourth-order valence-corrected chi connectivity index (χ4v) is 3.18. The van der Waals surface area contributed by atoms with Gasteiger partial charge in [0.2, 0.25) is 6.29 Å². The molecule has 1 aliphatic rings. The van der Waals surface area contributed by atoms with Crippen molar-refractivity contribution in [3.05, 3.63) is 65.2 Å². The molecule has 0 aromatic heterocycles. The number of aliphatic hydroxyl groups excluding tert-OH is 3. The zero-order valence-corrected chi connectivity index (χ0v) is 16.8. The Hall–Kier alpha value is -2.65. The predicted molar refractivity (Wildman–Crippen MR) is 106 cm³/mol. The van der Waals surface area contributed by atoms with Crippen molar-refractivity contribution in [3.8, 4) is 5.75 Å². The van der Waals surface area contributed by atoms with Gasteiger partial charge in [-0.2, -0.15) is 0 Å². The molecule has 1 fully saturated rings. The zero-order chi connectivity index (χ0) is 21.7. The molecule has 2 aromatic rings. The Morgan fingerprint density at radius 3 is 2.40 bits per heavy atom. The second-order valence-corrected chi connectivity index (χ2v) is 7.17. The van der Waals surface area contributed by atoms with Gasteiger partial charge in [0.15, 0.2) is 0 Å². The number of aliphatic hydroxyl groups is 3. The van der Waals surface area contributed by atoms with Crippen LogP contribution in [0.5, 0.6) is 5.75 Å². The lowest BCUT2D eigenvalue weighted by Crippen LogP contribution is -2.60. The summed E-state index contributed by atoms with van der Waals surface area (Å²) < 4.78 is 20.6. The summed E-state index contributed by atoms with van der Waals surface area (Å²) in [5.74, 6) is 0.471. The Kier molecular flexibility index (Phi) is 7.28. The average molecular weight is 418 g/mol. The fraction of sp³-hybridized carbons (Fsp3) is 0.409. The summed E-state index contributed by atoms with van der Waals surface area (Å²) in [4.78, 5) is 11.2. The van der Waals surface area contributed by atoms with E-state index in [1.165, 1.54) is 0 Å². The number of hydrogen-bond acceptors (Lipinski definition) is 8. The monoisotopic (exact) mass is 418 g/mol. The average Bonchev–Trinajstić information content (AvgIpc) is 2.75. The van der Waals surface area contributed by atoms with Gasteiger partial charge in [0.05, 0.1) is 7.11 Å². The van der Waals surface area contributed by atoms with Gasteiger partial charge >= 0.3 is 6.16 Å². The number of benzene rings is 2. The summed E-state index contributed by atoms with van der Waals surface area (Å²) in [7, 11) is 1.15. The number of aryl methyl sites for hydroxylation is 1. The van der Waals surface area contributed by atoms with Crippen LogP contribution < -0.4 is 4.74 Å². The first-order valence-electron chi connectivity index (χ1n) is 9.59. The van der Waals surface area contributed by atoms with Crippen molar-refractivity contribution in [2.45, 2.75) is 44.1 Å². The largest absolute Gasteiger partial charge is 0.508 e. The molecule has 0 saturated carbocycles. The molecular formula is C22H26O8. The van der Waals surface area contributed by atoms with Crippen LogP contribution in [0.25, 0.3) is 0 Å². The third kappa shape index (κ3) is 5.28. The van der Waals surface area contributed by atoms with Crippen molar-refractivity contribution >= 4 is 6.16 Å². The van der Waals surface area contributed by atoms with Gasteiger partial charge in [-0.25, -0.2) is 4.79 Å². The van der Waals surface area contributed by atoms with E-state index in [-0.39, 0.29) is 6.61 Å². The number of methoxy groups -OCH3 is 1. The topological polar surface area (TPSA) is 115 Å². The van der Waals surface area contributed by atoms with E-state index < -0.39 is 36.9 Å². The number of ether oxygens (including phenoxy) is 4. The maximum absolute atomic E-state index is 11.2. The highest BCUT2D eigenvalue weighted by molar-refractivity contribution is 5.59. The molecule has 162 valence electrons. The van der Waals surface area contributed by atoms with Gasteiger partial charge < -0.3 is 34.3 Å². The van der Waals surface area contributed by atoms with Crippen LogP contribution in [0, 0.1) is 6.92 Å². The minimum absolute atomic E-state index is 0.373. The molecule has 8 nitrogen and oxygen atoms in total. The number of rotatable bonds is 6. The highest BCUT2D eigenvalue weighted by Gasteiger charge is 2.45. The number of hydrogen-bond donors (Lipinski definition) is 3. The molecule has 0 amide bonds. The molecule has 3 N–H and O–H groups in total. The Balaban J connectivity index is 1.74. The molecule has 8 heteroatoms. The van der Waals surface area contributed by atoms with Crippen LogP contribution in [-0.2, 0) is 20.6 Å². The van der Waals surface area contributed by atoms with Crippen molar-refractivity contribution in [1.29, 1.82) is 0 Å². The molecule has 5 atom stereocenters. The van der Waals surface area contributed by atoms with Crippen LogP contribution in [0.1, 0.15) is 16.7 Å². The molecule has 0 unspecified atom stereocenters. The van der Waals surface area contributed by atoms with E-state index in [2.05, 4.69) is 4.74 Å². The second kappa shape index (κ2) is 9.90. The quantitative estimate of drug-likeness (QED) is 0.606. The van der Waals surface area contributed by atoms with E-state index in [9.17, 15) is 20.1 Å². The molecule has 3 rings (SSSR count). The van der Waals surface area contributed by atoms with E-state index in [1.807, 2.05) is 43.3 Å². The predicted octanol–water partition coefficient (Wildman–Crippen LogP) is 1.56. The first kappa shape index (κ1) is 22.0. The molecule has 1 aliphatic heterocycles. The van der Waals surface area contributed by atoms with Crippen molar-refractivity contribution in [2.75, 3.05) is 13.7 Å². The minimum Gasteiger partial charge on any atom is -0.462 e. The molecular weight excluding hydrogens is 392 g/mol. The highest BCUT2D eigenvalue weighted by Crippen LogP contribution is 2.28. The molecule has 0 aliphatic carbocycles. The number of carbonyl (C=O) groups excluding carboxylic acids is 1. The normalized spacial score (nSPS) is 26.1. The zero-order valence-electron chi connectivity index (χ0n) is 16.8. The van der Waals surface area contributed by atoms with E-state index in [1.54, 1.807) is 12.1 Å². The fourth-order valence-electron chi connectivity index (χ4n) is 3.18. The van der Waals surface area contributed by atoms with Gasteiger partial charge in [0.25, 0.3) is 0 Å². The lowest BCUT2D eigenvalue weighted by atomic mass is 9.99. The van der Waals surface area contributed by atoms with Crippen LogP contribution in [0.3, 0.4) is 0 Å². The van der Waals surface area contributed by atoms with Crippen LogP contribution in [0.15, 0.2) is 48.5 Å². The molecule has 0 radical (unpaired) electrons. The van der Waals surface area contributed by atoms with E-state index in [0.29, 0.717) is 12.2 Å². The summed E-state index contributed by atoms with van der Waals surface area (Å²) in [5.41, 5.74) is 3.11. The molecule has 30 heavy (non-hydrogen) atoms. The summed E-state index contributed by atoms with van der Waals surface area (Å²) in [6, 6.07) is 15.4. The van der Waals surface area contributed by atoms with E-state index in [0.717, 1.165) is 23.8 Å². The van der Waals surface area contributed by atoms with Gasteiger partial charge in [-0.05, 0) is 24.1 Å². The van der Waals surface area contributed by atoms with Crippen molar-refractivity contribution in [1.82, 2.24) is 0 Å². The van der Waals surface area contributed by atoms with E-state index >= 15 is 0 Å². The molecule has 1 heterocycles. The van der Waals surface area contributed by atoms with Gasteiger partial charge in [-0.15, -0.1) is 0 Å². The standard InChI is InChI=1S/C22H26O8/c1-13-7-9-14(10-8-13)11-15-5-3-4-6-16(15)29-21-20(25)19(24)18(23)17(30-21)12-28-22(26)27-2/h3-10,17-21,23-25H,11-12H2,1-2H3/t17-,18-,19+,20-,21-/m1/s1. The second-order valence-electron chi connectivity index (χ2n) is 7.17. The SMILES string of the molecule is COC(=O)OC[C@H]1O[C@@H](Oc2ccccc2Cc2ccc(C)cc2)[C@H](O)[C@@H](O)[C@@H]1O. The van der Waals surface area contributed by atoms with Gasteiger partial charge in [0, 0.05) is 6.42 Å². The maximum atomic E-state index is 11.2. The lowest BCUT2D eigenvalue weighted by Gasteiger charge is -2.40. The lowest BCUT2D eigenvalue weighted by molar-refractivity contribution is -0.277.